The van der Waals surface area contributed by atoms with Crippen molar-refractivity contribution in [1.29, 1.82) is 0 Å². The molecular formula is C21H16F3N3O2. The van der Waals surface area contributed by atoms with Crippen LogP contribution in [-0.4, -0.2) is 19.9 Å². The molecule has 0 radical (unpaired) electrons. The van der Waals surface area contributed by atoms with E-state index in [1.54, 1.807) is 36.5 Å². The van der Waals surface area contributed by atoms with Gasteiger partial charge in [0.15, 0.2) is 0 Å². The number of nitrogens with one attached hydrogen (secondary N) is 1. The minimum absolute atomic E-state index is 0.0725. The van der Waals surface area contributed by atoms with Crippen LogP contribution in [0.4, 0.5) is 13.2 Å². The number of fused-ring (bicyclic) bond motifs is 1. The van der Waals surface area contributed by atoms with Crippen molar-refractivity contribution in [2.45, 2.75) is 19.1 Å². The van der Waals surface area contributed by atoms with Crippen LogP contribution in [0.3, 0.4) is 0 Å². The summed E-state index contributed by atoms with van der Waals surface area (Å²) in [5, 5.41) is 16.1. The number of pyridine rings is 1. The molecule has 2 aromatic carbocycles. The summed E-state index contributed by atoms with van der Waals surface area (Å²) in [6, 6.07) is 12.5. The Morgan fingerprint density at radius 1 is 1.14 bits per heavy atom. The maximum Gasteiger partial charge on any atom is 0.433 e. The zero-order valence-electron chi connectivity index (χ0n) is 15.2. The number of H-pyrrole nitrogens is 1. The molecule has 4 rings (SSSR count). The first kappa shape index (κ1) is 18.8. The summed E-state index contributed by atoms with van der Waals surface area (Å²) in [7, 11) is 0. The van der Waals surface area contributed by atoms with Gasteiger partial charge in [-0.3, -0.25) is 9.89 Å². The van der Waals surface area contributed by atoms with Crippen LogP contribution in [-0.2, 0) is 6.18 Å². The lowest BCUT2D eigenvalue weighted by Crippen LogP contribution is -2.23. The zero-order valence-corrected chi connectivity index (χ0v) is 15.2. The monoisotopic (exact) mass is 399 g/mol. The molecule has 0 saturated carbocycles. The fourth-order valence-electron chi connectivity index (χ4n) is 3.40. The van der Waals surface area contributed by atoms with Gasteiger partial charge in [0.2, 0.25) is 0 Å². The van der Waals surface area contributed by atoms with Crippen LogP contribution in [0.2, 0.25) is 0 Å². The number of phenolic OH excluding ortho intramolecular Hbond substituents is 1. The second kappa shape index (κ2) is 6.80. The molecule has 5 nitrogen and oxygen atoms in total. The molecule has 0 saturated heterocycles. The predicted octanol–water partition coefficient (Wildman–Crippen LogP) is 4.73. The number of hydrogen-bond donors (Lipinski definition) is 2. The summed E-state index contributed by atoms with van der Waals surface area (Å²) in [5.74, 6) is 0.105. The maximum atomic E-state index is 13.1. The lowest BCUT2D eigenvalue weighted by Gasteiger charge is -2.17. The Morgan fingerprint density at radius 2 is 1.93 bits per heavy atom. The van der Waals surface area contributed by atoms with Gasteiger partial charge < -0.3 is 9.67 Å². The molecule has 1 atom stereocenters. The molecule has 0 aliphatic carbocycles. The Hall–Kier alpha value is -3.55. The summed E-state index contributed by atoms with van der Waals surface area (Å²) in [4.78, 5) is 13.0. The van der Waals surface area contributed by atoms with Gasteiger partial charge in [0.1, 0.15) is 11.4 Å². The van der Waals surface area contributed by atoms with Gasteiger partial charge in [0.25, 0.3) is 5.56 Å². The third kappa shape index (κ3) is 3.37. The third-order valence-corrected chi connectivity index (χ3v) is 4.93. The molecule has 2 heterocycles. The van der Waals surface area contributed by atoms with E-state index in [2.05, 4.69) is 5.10 Å². The topological polar surface area (TPSA) is 70.9 Å². The molecule has 2 N–H and O–H groups in total. The molecule has 4 aromatic rings. The first-order valence-electron chi connectivity index (χ1n) is 8.80. The van der Waals surface area contributed by atoms with E-state index in [1.165, 1.54) is 16.7 Å². The summed E-state index contributed by atoms with van der Waals surface area (Å²) >= 11 is 0. The minimum Gasteiger partial charge on any atom is -0.508 e. The summed E-state index contributed by atoms with van der Waals surface area (Å²) < 4.78 is 40.9. The Kier molecular flexibility index (Phi) is 4.41. The molecule has 0 fully saturated rings. The van der Waals surface area contributed by atoms with Gasteiger partial charge in [0.05, 0.1) is 12.2 Å². The van der Waals surface area contributed by atoms with Gasteiger partial charge in [-0.05, 0) is 53.8 Å². The molecule has 0 aliphatic rings. The maximum absolute atomic E-state index is 13.1. The fraction of sp³-hybridized carbons (Fsp3) is 0.143. The van der Waals surface area contributed by atoms with Crippen molar-refractivity contribution in [2.75, 3.05) is 0 Å². The van der Waals surface area contributed by atoms with Crippen molar-refractivity contribution in [1.82, 2.24) is 14.8 Å². The van der Waals surface area contributed by atoms with Gasteiger partial charge in [0, 0.05) is 17.1 Å². The van der Waals surface area contributed by atoms with E-state index < -0.39 is 11.9 Å². The Morgan fingerprint density at radius 3 is 2.66 bits per heavy atom. The number of aromatic hydroxyl groups is 1. The SMILES string of the molecule is CC(c1cccc(O)c1)n1ccc2cc(-c3cn[nH]c3C(F)(F)F)ccc2c1=O. The van der Waals surface area contributed by atoms with Gasteiger partial charge in [-0.25, -0.2) is 0 Å². The van der Waals surface area contributed by atoms with Crippen LogP contribution in [0.1, 0.15) is 24.2 Å². The number of rotatable bonds is 3. The number of hydrogen-bond acceptors (Lipinski definition) is 3. The van der Waals surface area contributed by atoms with Crippen molar-refractivity contribution < 1.29 is 18.3 Å². The zero-order chi connectivity index (χ0) is 20.8. The molecule has 0 bridgehead atoms. The summed E-state index contributed by atoms with van der Waals surface area (Å²) in [5.41, 5.74) is -0.194. The molecule has 8 heteroatoms. The molecule has 1 unspecified atom stereocenters. The number of benzene rings is 2. The highest BCUT2D eigenvalue weighted by atomic mass is 19.4. The first-order chi connectivity index (χ1) is 13.8. The van der Waals surface area contributed by atoms with Crippen LogP contribution >= 0.6 is 0 Å². The van der Waals surface area contributed by atoms with Crippen molar-refractivity contribution in [3.8, 4) is 16.9 Å². The standard InChI is InChI=1S/C21H16F3N3O2/c1-12(13-3-2-4-16(28)10-13)27-8-7-15-9-14(5-6-17(15)20(27)29)18-11-25-26-19(18)21(22,23)24/h2-12,28H,1H3,(H,25,26). The summed E-state index contributed by atoms with van der Waals surface area (Å²) in [6.45, 7) is 1.83. The number of phenols is 1. The number of aromatic nitrogens is 3. The minimum atomic E-state index is -4.55. The number of alkyl halides is 3. The second-order valence-corrected chi connectivity index (χ2v) is 6.76. The van der Waals surface area contributed by atoms with Crippen molar-refractivity contribution in [3.05, 3.63) is 82.5 Å². The molecular weight excluding hydrogens is 383 g/mol. The lowest BCUT2D eigenvalue weighted by atomic mass is 10.0. The van der Waals surface area contributed by atoms with Crippen LogP contribution in [0, 0.1) is 0 Å². The molecule has 0 spiro atoms. The molecule has 148 valence electrons. The number of halogens is 3. The second-order valence-electron chi connectivity index (χ2n) is 6.76. The van der Waals surface area contributed by atoms with Crippen LogP contribution < -0.4 is 5.56 Å². The van der Waals surface area contributed by atoms with E-state index in [-0.39, 0.29) is 22.9 Å². The lowest BCUT2D eigenvalue weighted by molar-refractivity contribution is -0.140. The van der Waals surface area contributed by atoms with E-state index in [1.807, 2.05) is 18.1 Å². The van der Waals surface area contributed by atoms with Crippen LogP contribution in [0.15, 0.2) is 65.7 Å². The Balaban J connectivity index is 1.79. The van der Waals surface area contributed by atoms with E-state index in [9.17, 15) is 23.1 Å². The average molecular weight is 399 g/mol. The van der Waals surface area contributed by atoms with E-state index >= 15 is 0 Å². The third-order valence-electron chi connectivity index (χ3n) is 4.93. The van der Waals surface area contributed by atoms with E-state index in [0.717, 1.165) is 11.8 Å². The van der Waals surface area contributed by atoms with Crippen LogP contribution in [0.5, 0.6) is 5.75 Å². The average Bonchev–Trinajstić information content (AvgIpc) is 3.18. The van der Waals surface area contributed by atoms with E-state index in [0.29, 0.717) is 16.3 Å². The highest BCUT2D eigenvalue weighted by Gasteiger charge is 2.35. The fourth-order valence-corrected chi connectivity index (χ4v) is 3.40. The van der Waals surface area contributed by atoms with Crippen molar-refractivity contribution in [3.63, 3.8) is 0 Å². The van der Waals surface area contributed by atoms with Gasteiger partial charge in [-0.1, -0.05) is 18.2 Å². The molecule has 2 aromatic heterocycles. The van der Waals surface area contributed by atoms with Gasteiger partial charge in [-0.2, -0.15) is 18.3 Å². The summed E-state index contributed by atoms with van der Waals surface area (Å²) in [6.07, 6.45) is -1.83. The quantitative estimate of drug-likeness (QED) is 0.523. The molecule has 0 amide bonds. The van der Waals surface area contributed by atoms with Crippen LogP contribution in [0.25, 0.3) is 21.9 Å². The molecule has 29 heavy (non-hydrogen) atoms. The largest absolute Gasteiger partial charge is 0.508 e. The Bertz CT molecular complexity index is 1260. The van der Waals surface area contributed by atoms with E-state index in [4.69, 9.17) is 0 Å². The Labute approximate surface area is 163 Å². The number of aromatic amines is 1. The predicted molar refractivity (Wildman–Crippen MR) is 103 cm³/mol. The smallest absolute Gasteiger partial charge is 0.433 e. The first-order valence-corrected chi connectivity index (χ1v) is 8.80. The normalized spacial score (nSPS) is 13.0. The van der Waals surface area contributed by atoms with Gasteiger partial charge in [-0.15, -0.1) is 0 Å². The highest BCUT2D eigenvalue weighted by molar-refractivity contribution is 5.87. The highest BCUT2D eigenvalue weighted by Crippen LogP contribution is 2.36. The van der Waals surface area contributed by atoms with Crippen molar-refractivity contribution in [2.24, 2.45) is 0 Å². The number of nitrogens with zero attached hydrogens (tertiary/aromatic N) is 2. The van der Waals surface area contributed by atoms with Crippen molar-refractivity contribution >= 4 is 10.8 Å². The van der Waals surface area contributed by atoms with Gasteiger partial charge >= 0.3 is 6.18 Å². The molecule has 0 aliphatic heterocycles.